The predicted molar refractivity (Wildman–Crippen MR) is 66.5 cm³/mol. The molecule has 0 bridgehead atoms. The Labute approximate surface area is 87.4 Å². The summed E-state index contributed by atoms with van der Waals surface area (Å²) in [5.41, 5.74) is 2.33. The molecule has 0 amide bonds. The van der Waals surface area contributed by atoms with Crippen molar-refractivity contribution in [2.24, 2.45) is 0 Å². The molecule has 1 aromatic rings. The van der Waals surface area contributed by atoms with Gasteiger partial charge in [-0.05, 0) is 24.6 Å². The molecule has 14 heavy (non-hydrogen) atoms. The summed E-state index contributed by atoms with van der Waals surface area (Å²) in [7, 11) is -0.744. The molecule has 1 unspecified atom stereocenters. The summed E-state index contributed by atoms with van der Waals surface area (Å²) >= 11 is 0. The maximum Gasteiger partial charge on any atom is 0.0853 e. The van der Waals surface area contributed by atoms with Gasteiger partial charge in [-0.3, -0.25) is 0 Å². The van der Waals surface area contributed by atoms with Gasteiger partial charge in [-0.1, -0.05) is 30.3 Å². The third kappa shape index (κ3) is 1.91. The van der Waals surface area contributed by atoms with Crippen molar-refractivity contribution in [2.75, 3.05) is 12.8 Å². The van der Waals surface area contributed by atoms with Crippen LogP contribution in [0.25, 0.3) is 0 Å². The van der Waals surface area contributed by atoms with Crippen LogP contribution < -0.4 is 0 Å². The molecule has 2 atom stereocenters. The van der Waals surface area contributed by atoms with Gasteiger partial charge in [0.1, 0.15) is 0 Å². The van der Waals surface area contributed by atoms with E-state index in [1.807, 2.05) is 0 Å². The van der Waals surface area contributed by atoms with Gasteiger partial charge in [0.25, 0.3) is 0 Å². The second-order valence-electron chi connectivity index (χ2n) is 4.47. The summed E-state index contributed by atoms with van der Waals surface area (Å²) in [6, 6.07) is 10.9. The molecule has 74 valence electrons. The number of hydrogen-bond donors (Lipinski definition) is 0. The van der Waals surface area contributed by atoms with Gasteiger partial charge in [0.15, 0.2) is 0 Å². The van der Waals surface area contributed by atoms with Crippen LogP contribution in [0, 0.1) is 0 Å². The molecule has 1 heterocycles. The van der Waals surface area contributed by atoms with E-state index in [2.05, 4.69) is 56.1 Å². The van der Waals surface area contributed by atoms with Crippen LogP contribution in [-0.2, 0) is 6.16 Å². The third-order valence-corrected chi connectivity index (χ3v) is 7.58. The van der Waals surface area contributed by atoms with Crippen molar-refractivity contribution in [3.8, 4) is 0 Å². The van der Waals surface area contributed by atoms with E-state index in [0.29, 0.717) is 0 Å². The Balaban J connectivity index is 2.12. The first-order valence-electron chi connectivity index (χ1n) is 5.25. The number of allylic oxidation sites excluding steroid dienone is 2. The van der Waals surface area contributed by atoms with E-state index in [-0.39, 0.29) is 0 Å². The van der Waals surface area contributed by atoms with Crippen molar-refractivity contribution < 1.29 is 0 Å². The normalized spacial score (nSPS) is 30.9. The van der Waals surface area contributed by atoms with Crippen molar-refractivity contribution in [3.05, 3.63) is 48.0 Å². The van der Waals surface area contributed by atoms with Gasteiger partial charge in [-0.2, -0.15) is 0 Å². The van der Waals surface area contributed by atoms with Gasteiger partial charge in [-0.25, -0.2) is 0 Å². The summed E-state index contributed by atoms with van der Waals surface area (Å²) in [5, 5.41) is 0. The molecule has 0 radical (unpaired) electrons. The number of hydrogen-bond acceptors (Lipinski definition) is 0. The first-order valence-corrected chi connectivity index (χ1v) is 7.93. The van der Waals surface area contributed by atoms with E-state index in [0.717, 1.165) is 5.66 Å². The average molecular weight is 205 g/mol. The Morgan fingerprint density at radius 3 is 2.57 bits per heavy atom. The molecule has 0 aliphatic carbocycles. The predicted octanol–water partition coefficient (Wildman–Crippen LogP) is 3.79. The zero-order valence-electron chi connectivity index (χ0n) is 8.98. The van der Waals surface area contributed by atoms with Crippen LogP contribution in [0.1, 0.15) is 12.5 Å². The molecule has 0 spiro atoms. The van der Waals surface area contributed by atoms with Crippen molar-refractivity contribution in [1.29, 1.82) is 0 Å². The number of rotatable bonds is 2. The Hall–Kier alpha value is -0.610. The Bertz CT molecular complexity index is 328. The van der Waals surface area contributed by atoms with Crippen molar-refractivity contribution >= 4 is 7.26 Å². The van der Waals surface area contributed by atoms with Crippen LogP contribution in [0.4, 0.5) is 0 Å². The molecule has 0 saturated carbocycles. The second kappa shape index (κ2) is 3.87. The van der Waals surface area contributed by atoms with Crippen LogP contribution in [0.15, 0.2) is 42.5 Å². The molecule has 1 aromatic carbocycles. The summed E-state index contributed by atoms with van der Waals surface area (Å²) in [6.45, 7) is 4.88. The Morgan fingerprint density at radius 1 is 1.29 bits per heavy atom. The lowest BCUT2D eigenvalue weighted by Gasteiger charge is -2.22. The zero-order chi connectivity index (χ0) is 10.0. The van der Waals surface area contributed by atoms with E-state index in [4.69, 9.17) is 0 Å². The van der Waals surface area contributed by atoms with Crippen molar-refractivity contribution in [3.63, 3.8) is 0 Å². The molecule has 0 aromatic heterocycles. The smallest absolute Gasteiger partial charge is 0.0622 e. The van der Waals surface area contributed by atoms with Gasteiger partial charge in [0, 0.05) is 7.26 Å². The monoisotopic (exact) mass is 205 g/mol. The first-order chi connectivity index (χ1) is 6.71. The Kier molecular flexibility index (Phi) is 2.74. The average Bonchev–Trinajstić information content (AvgIpc) is 2.48. The lowest BCUT2D eigenvalue weighted by Crippen LogP contribution is -2.06. The van der Waals surface area contributed by atoms with Crippen LogP contribution in [0.2, 0.25) is 0 Å². The molecule has 2 rings (SSSR count). The van der Waals surface area contributed by atoms with E-state index >= 15 is 0 Å². The maximum absolute atomic E-state index is 2.50. The molecule has 0 saturated heterocycles. The Morgan fingerprint density at radius 2 is 2.00 bits per heavy atom. The highest BCUT2D eigenvalue weighted by Crippen LogP contribution is 2.65. The number of benzene rings is 1. The molecule has 0 nitrogen and oxygen atoms in total. The fourth-order valence-electron chi connectivity index (χ4n) is 2.08. The lowest BCUT2D eigenvalue weighted by molar-refractivity contribution is 1.19. The minimum atomic E-state index is -0.744. The largest absolute Gasteiger partial charge is 0.0853 e. The van der Waals surface area contributed by atoms with E-state index in [1.54, 1.807) is 0 Å². The van der Waals surface area contributed by atoms with Crippen LogP contribution >= 0.6 is 7.26 Å². The highest BCUT2D eigenvalue weighted by molar-refractivity contribution is 7.75. The van der Waals surface area contributed by atoms with Crippen LogP contribution in [-0.4, -0.2) is 18.5 Å². The van der Waals surface area contributed by atoms with Crippen molar-refractivity contribution in [2.45, 2.75) is 18.7 Å². The van der Waals surface area contributed by atoms with Gasteiger partial charge in [0.2, 0.25) is 0 Å². The van der Waals surface area contributed by atoms with Gasteiger partial charge < -0.3 is 0 Å². The molecule has 1 aliphatic rings. The quantitative estimate of drug-likeness (QED) is 0.509. The summed E-state index contributed by atoms with van der Waals surface area (Å²) in [5.74, 6) is 0. The SMILES string of the molecule is C[C@H]1C=CC[P+]1(C)Cc1ccccc1. The summed E-state index contributed by atoms with van der Waals surface area (Å²) < 4.78 is 0. The molecule has 0 fully saturated rings. The molecule has 1 heteroatoms. The second-order valence-corrected chi connectivity index (χ2v) is 8.93. The van der Waals surface area contributed by atoms with E-state index in [1.165, 1.54) is 17.9 Å². The summed E-state index contributed by atoms with van der Waals surface area (Å²) in [4.78, 5) is 0. The van der Waals surface area contributed by atoms with Gasteiger partial charge in [-0.15, -0.1) is 0 Å². The van der Waals surface area contributed by atoms with Crippen LogP contribution in [0.5, 0.6) is 0 Å². The van der Waals surface area contributed by atoms with Crippen molar-refractivity contribution in [1.82, 2.24) is 0 Å². The lowest BCUT2D eigenvalue weighted by atomic mass is 10.2. The molecular formula is C13H18P+. The highest BCUT2D eigenvalue weighted by Gasteiger charge is 2.39. The van der Waals surface area contributed by atoms with E-state index < -0.39 is 7.26 Å². The highest BCUT2D eigenvalue weighted by atomic mass is 31.2. The van der Waals surface area contributed by atoms with E-state index in [9.17, 15) is 0 Å². The zero-order valence-corrected chi connectivity index (χ0v) is 9.87. The van der Waals surface area contributed by atoms with Gasteiger partial charge in [0.05, 0.1) is 24.6 Å². The summed E-state index contributed by atoms with van der Waals surface area (Å²) in [6.07, 6.45) is 7.42. The minimum absolute atomic E-state index is 0.744. The molecule has 1 aliphatic heterocycles. The third-order valence-electron chi connectivity index (χ3n) is 3.31. The standard InChI is InChI=1S/C13H18P/c1-12-7-6-10-14(12,2)11-13-8-4-3-5-9-13/h3-9,12H,10-11H2,1-2H3/q+1/t12-,14?/m0/s1. The molecule has 0 N–H and O–H groups in total. The first kappa shape index (κ1) is 9.93. The maximum atomic E-state index is 2.50. The topological polar surface area (TPSA) is 0 Å². The fourth-order valence-corrected chi connectivity index (χ4v) is 5.02. The van der Waals surface area contributed by atoms with Gasteiger partial charge >= 0.3 is 0 Å². The minimum Gasteiger partial charge on any atom is -0.0622 e. The van der Waals surface area contributed by atoms with Crippen LogP contribution in [0.3, 0.4) is 0 Å². The molecular weight excluding hydrogens is 187 g/mol. The fraction of sp³-hybridized carbons (Fsp3) is 0.385.